The highest BCUT2D eigenvalue weighted by Gasteiger charge is 2.50. The molecular weight excluding hydrogens is 306 g/mol. The summed E-state index contributed by atoms with van der Waals surface area (Å²) in [4.78, 5) is 10.7. The largest absolute Gasteiger partial charge is 0.318 e. The summed E-state index contributed by atoms with van der Waals surface area (Å²) in [6.45, 7) is 2.55. The second-order valence-corrected chi connectivity index (χ2v) is 8.73. The Bertz CT molecular complexity index is 605. The zero-order valence-electron chi connectivity index (χ0n) is 14.1. The molecule has 0 amide bonds. The van der Waals surface area contributed by atoms with Gasteiger partial charge in [-0.3, -0.25) is 0 Å². The van der Waals surface area contributed by atoms with Gasteiger partial charge in [-0.15, -0.1) is 11.8 Å². The summed E-state index contributed by atoms with van der Waals surface area (Å²) in [6.07, 6.45) is 11.7. The van der Waals surface area contributed by atoms with Gasteiger partial charge in [0.15, 0.2) is 5.75 Å². The van der Waals surface area contributed by atoms with E-state index < -0.39 is 0 Å². The van der Waals surface area contributed by atoms with Crippen molar-refractivity contribution in [1.82, 2.24) is 0 Å². The van der Waals surface area contributed by atoms with Gasteiger partial charge in [0.1, 0.15) is 0 Å². The van der Waals surface area contributed by atoms with Crippen LogP contribution in [-0.2, 0) is 11.4 Å². The Labute approximate surface area is 143 Å². The molecule has 2 fully saturated rings. The van der Waals surface area contributed by atoms with Gasteiger partial charge >= 0.3 is 0 Å². The molecule has 2 N–H and O–H groups in total. The van der Waals surface area contributed by atoms with Crippen LogP contribution in [0.25, 0.3) is 0 Å². The summed E-state index contributed by atoms with van der Waals surface area (Å²) in [5.74, 6) is 8.44. The molecular formula is C19H27NO2S. The van der Waals surface area contributed by atoms with Gasteiger partial charge in [0.25, 0.3) is 0 Å². The Balaban J connectivity index is 1.70. The number of aryl methyl sites for hydroxylation is 1. The van der Waals surface area contributed by atoms with Crippen molar-refractivity contribution >= 4 is 11.8 Å². The predicted molar refractivity (Wildman–Crippen MR) is 93.4 cm³/mol. The van der Waals surface area contributed by atoms with Crippen LogP contribution in [0.2, 0.25) is 0 Å². The molecule has 0 aliphatic heterocycles. The van der Waals surface area contributed by atoms with E-state index in [0.29, 0.717) is 5.41 Å². The molecule has 3 aliphatic carbocycles. The number of thioether (sulfide) groups is 1. The monoisotopic (exact) mass is 333 g/mol. The third-order valence-electron chi connectivity index (χ3n) is 6.93. The number of hydrogen-bond donors (Lipinski definition) is 1. The first-order valence-electron chi connectivity index (χ1n) is 8.90. The highest BCUT2D eigenvalue weighted by molar-refractivity contribution is 7.98. The molecule has 2 saturated carbocycles. The molecule has 0 saturated heterocycles. The second kappa shape index (κ2) is 5.98. The van der Waals surface area contributed by atoms with Gasteiger partial charge in [-0.05, 0) is 91.2 Å². The highest BCUT2D eigenvalue weighted by atomic mass is 32.2. The fraction of sp³-hybridized carbons (Fsp3) is 0.684. The molecule has 4 heteroatoms. The van der Waals surface area contributed by atoms with Gasteiger partial charge in [0, 0.05) is 0 Å². The molecule has 4 unspecified atom stereocenters. The van der Waals surface area contributed by atoms with E-state index in [1.54, 1.807) is 17.3 Å². The van der Waals surface area contributed by atoms with Crippen LogP contribution in [0.15, 0.2) is 17.0 Å². The Kier molecular flexibility index (Phi) is 4.11. The van der Waals surface area contributed by atoms with E-state index in [-0.39, 0.29) is 0 Å². The summed E-state index contributed by atoms with van der Waals surface area (Å²) < 4.78 is 0. The minimum Gasteiger partial charge on any atom is -0.318 e. The molecule has 0 aromatic heterocycles. The van der Waals surface area contributed by atoms with Crippen LogP contribution in [0.5, 0.6) is 5.75 Å². The summed E-state index contributed by atoms with van der Waals surface area (Å²) in [7, 11) is 0. The number of rotatable bonds is 3. The van der Waals surface area contributed by atoms with Gasteiger partial charge in [0.05, 0.1) is 4.90 Å². The van der Waals surface area contributed by atoms with Crippen molar-refractivity contribution < 1.29 is 9.88 Å². The van der Waals surface area contributed by atoms with Gasteiger partial charge in [-0.1, -0.05) is 18.3 Å². The van der Waals surface area contributed by atoms with Crippen LogP contribution in [0, 0.1) is 17.3 Å². The van der Waals surface area contributed by atoms with Gasteiger partial charge < -0.3 is 4.89 Å². The molecule has 0 bridgehead atoms. The summed E-state index contributed by atoms with van der Waals surface area (Å²) >= 11 is 1.71. The maximum absolute atomic E-state index is 5.17. The average Bonchev–Trinajstić information content (AvgIpc) is 2.96. The SMILES string of the molecule is CSc1cc2c(cc1OON)CCC1C2CCC2(C)CCCC12. The lowest BCUT2D eigenvalue weighted by atomic mass is 9.56. The Hall–Kier alpha value is -0.710. The molecule has 3 aliphatic rings. The standard InChI is InChI=1S/C19H27NO2S/c1-19-8-3-4-16(19)14-6-5-12-10-17(21-22-20)18(23-2)11-15(12)13(14)7-9-19/h10-11,13-14,16H,3-9,20H2,1-2H3. The third-order valence-corrected chi connectivity index (χ3v) is 7.69. The van der Waals surface area contributed by atoms with E-state index in [1.807, 2.05) is 0 Å². The molecule has 0 heterocycles. The van der Waals surface area contributed by atoms with Crippen LogP contribution in [0.4, 0.5) is 0 Å². The van der Waals surface area contributed by atoms with Crippen molar-refractivity contribution in [2.45, 2.75) is 62.7 Å². The summed E-state index contributed by atoms with van der Waals surface area (Å²) in [5, 5.41) is 0. The fourth-order valence-electron chi connectivity index (χ4n) is 5.85. The lowest BCUT2D eigenvalue weighted by molar-refractivity contribution is -0.213. The Morgan fingerprint density at radius 2 is 2.09 bits per heavy atom. The maximum atomic E-state index is 5.17. The van der Waals surface area contributed by atoms with Crippen molar-refractivity contribution in [3.05, 3.63) is 23.3 Å². The molecule has 126 valence electrons. The number of hydrogen-bond acceptors (Lipinski definition) is 4. The minimum atomic E-state index is 0.622. The van der Waals surface area contributed by atoms with Crippen LogP contribution in [0.1, 0.15) is 62.5 Å². The van der Waals surface area contributed by atoms with Crippen LogP contribution < -0.4 is 10.8 Å². The van der Waals surface area contributed by atoms with E-state index in [0.717, 1.165) is 28.4 Å². The summed E-state index contributed by atoms with van der Waals surface area (Å²) in [6, 6.07) is 4.51. The second-order valence-electron chi connectivity index (χ2n) is 7.88. The molecule has 0 radical (unpaired) electrons. The molecule has 1 aromatic rings. The quantitative estimate of drug-likeness (QED) is 0.488. The van der Waals surface area contributed by atoms with E-state index in [4.69, 9.17) is 10.8 Å². The van der Waals surface area contributed by atoms with E-state index in [1.165, 1.54) is 50.5 Å². The lowest BCUT2D eigenvalue weighted by Gasteiger charge is -2.49. The van der Waals surface area contributed by atoms with Gasteiger partial charge in [-0.25, -0.2) is 0 Å². The predicted octanol–water partition coefficient (Wildman–Crippen LogP) is 4.84. The lowest BCUT2D eigenvalue weighted by Crippen LogP contribution is -2.39. The topological polar surface area (TPSA) is 44.5 Å². The van der Waals surface area contributed by atoms with Crippen LogP contribution >= 0.6 is 11.8 Å². The molecule has 1 aromatic carbocycles. The van der Waals surface area contributed by atoms with Crippen molar-refractivity contribution in [1.29, 1.82) is 0 Å². The number of benzene rings is 1. The van der Waals surface area contributed by atoms with E-state index in [9.17, 15) is 0 Å². The number of fused-ring (bicyclic) bond motifs is 5. The molecule has 23 heavy (non-hydrogen) atoms. The van der Waals surface area contributed by atoms with Crippen molar-refractivity contribution in [2.24, 2.45) is 23.1 Å². The van der Waals surface area contributed by atoms with Gasteiger partial charge in [-0.2, -0.15) is 5.90 Å². The minimum absolute atomic E-state index is 0.622. The Morgan fingerprint density at radius 1 is 1.22 bits per heavy atom. The first-order valence-corrected chi connectivity index (χ1v) is 10.1. The first-order chi connectivity index (χ1) is 11.2. The van der Waals surface area contributed by atoms with Crippen LogP contribution in [-0.4, -0.2) is 6.26 Å². The van der Waals surface area contributed by atoms with E-state index >= 15 is 0 Å². The Morgan fingerprint density at radius 3 is 2.87 bits per heavy atom. The van der Waals surface area contributed by atoms with Crippen molar-refractivity contribution in [3.63, 3.8) is 0 Å². The molecule has 3 nitrogen and oxygen atoms in total. The zero-order valence-corrected chi connectivity index (χ0v) is 15.0. The van der Waals surface area contributed by atoms with Crippen molar-refractivity contribution in [3.8, 4) is 5.75 Å². The number of nitrogens with two attached hydrogens (primary N) is 1. The smallest absolute Gasteiger partial charge is 0.181 e. The molecule has 4 atom stereocenters. The third kappa shape index (κ3) is 2.50. The van der Waals surface area contributed by atoms with Gasteiger partial charge in [0.2, 0.25) is 0 Å². The normalized spacial score (nSPS) is 35.3. The molecule has 0 spiro atoms. The fourth-order valence-corrected chi connectivity index (χ4v) is 6.39. The maximum Gasteiger partial charge on any atom is 0.181 e. The van der Waals surface area contributed by atoms with E-state index in [2.05, 4.69) is 30.3 Å². The zero-order chi connectivity index (χ0) is 16.0. The average molecular weight is 333 g/mol. The highest BCUT2D eigenvalue weighted by Crippen LogP contribution is 2.61. The molecule has 4 rings (SSSR count). The first kappa shape index (κ1) is 15.8. The van der Waals surface area contributed by atoms with Crippen LogP contribution in [0.3, 0.4) is 0 Å². The van der Waals surface area contributed by atoms with Crippen molar-refractivity contribution in [2.75, 3.05) is 6.26 Å². The summed E-state index contributed by atoms with van der Waals surface area (Å²) in [5.41, 5.74) is 3.64.